The molecule has 1 rings (SSSR count). The van der Waals surface area contributed by atoms with E-state index >= 15 is 0 Å². The lowest BCUT2D eigenvalue weighted by Crippen LogP contribution is -2.23. The van der Waals surface area contributed by atoms with E-state index in [0.717, 1.165) is 11.3 Å². The molecule has 0 bridgehead atoms. The fourth-order valence-corrected chi connectivity index (χ4v) is 3.09. The van der Waals surface area contributed by atoms with Crippen LogP contribution in [0.25, 0.3) is 0 Å². The summed E-state index contributed by atoms with van der Waals surface area (Å²) in [6, 6.07) is 0. The Kier molecular flexibility index (Phi) is 4.59. The molecule has 1 aromatic heterocycles. The molecule has 0 unspecified atom stereocenters. The normalized spacial score (nSPS) is 9.94. The molecule has 92 valence electrons. The second kappa shape index (κ2) is 5.74. The van der Waals surface area contributed by atoms with Crippen LogP contribution < -0.4 is 16.8 Å². The Morgan fingerprint density at radius 1 is 1.59 bits per heavy atom. The van der Waals surface area contributed by atoms with Crippen LogP contribution in [0, 0.1) is 0 Å². The highest BCUT2D eigenvalue weighted by Crippen LogP contribution is 2.36. The van der Waals surface area contributed by atoms with Crippen LogP contribution >= 0.6 is 23.1 Å². The van der Waals surface area contributed by atoms with Crippen molar-refractivity contribution in [1.82, 2.24) is 5.32 Å². The zero-order chi connectivity index (χ0) is 13.0. The van der Waals surface area contributed by atoms with Crippen molar-refractivity contribution in [3.63, 3.8) is 0 Å². The number of carbonyl (C=O) groups excluding carboxylic acids is 2. The highest BCUT2D eigenvalue weighted by atomic mass is 32.2. The van der Waals surface area contributed by atoms with Crippen molar-refractivity contribution in [2.24, 2.45) is 5.73 Å². The first-order valence-corrected chi connectivity index (χ1v) is 6.72. The van der Waals surface area contributed by atoms with Gasteiger partial charge in [0.05, 0.1) is 15.5 Å². The maximum atomic E-state index is 11.7. The van der Waals surface area contributed by atoms with Gasteiger partial charge in [0, 0.05) is 6.54 Å². The number of hydrogen-bond donors (Lipinski definition) is 3. The number of nitrogen functional groups attached to an aromatic ring is 1. The summed E-state index contributed by atoms with van der Waals surface area (Å²) in [7, 11) is 0. The van der Waals surface area contributed by atoms with Gasteiger partial charge in [-0.25, -0.2) is 0 Å². The molecule has 17 heavy (non-hydrogen) atoms. The summed E-state index contributed by atoms with van der Waals surface area (Å²) in [6.45, 7) is 3.84. The third kappa shape index (κ3) is 2.80. The molecular formula is C10H13N3O2S2. The van der Waals surface area contributed by atoms with Gasteiger partial charge >= 0.3 is 0 Å². The second-order valence-electron chi connectivity index (χ2n) is 3.07. The van der Waals surface area contributed by atoms with Gasteiger partial charge in [0.25, 0.3) is 11.8 Å². The van der Waals surface area contributed by atoms with E-state index in [1.807, 2.05) is 0 Å². The maximum absolute atomic E-state index is 11.7. The summed E-state index contributed by atoms with van der Waals surface area (Å²) >= 11 is 2.50. The van der Waals surface area contributed by atoms with Crippen LogP contribution in [0.2, 0.25) is 0 Å². The monoisotopic (exact) mass is 271 g/mol. The first kappa shape index (κ1) is 13.6. The summed E-state index contributed by atoms with van der Waals surface area (Å²) in [6.07, 6.45) is 3.36. The Bertz CT molecular complexity index is 468. The van der Waals surface area contributed by atoms with Gasteiger partial charge in [0.15, 0.2) is 0 Å². The van der Waals surface area contributed by atoms with Gasteiger partial charge in [-0.3, -0.25) is 9.59 Å². The topological polar surface area (TPSA) is 98.2 Å². The molecular weight excluding hydrogens is 258 g/mol. The fourth-order valence-electron chi connectivity index (χ4n) is 1.21. The van der Waals surface area contributed by atoms with Gasteiger partial charge in [0.2, 0.25) is 0 Å². The summed E-state index contributed by atoms with van der Waals surface area (Å²) in [5, 5.41) is 2.61. The highest BCUT2D eigenvalue weighted by Gasteiger charge is 2.23. The van der Waals surface area contributed by atoms with Crippen LogP contribution in [0.4, 0.5) is 5.69 Å². The minimum Gasteiger partial charge on any atom is -0.397 e. The van der Waals surface area contributed by atoms with Gasteiger partial charge in [-0.2, -0.15) is 0 Å². The number of anilines is 1. The average Bonchev–Trinajstić information content (AvgIpc) is 2.63. The third-order valence-corrected chi connectivity index (χ3v) is 4.28. The standard InChI is InChI=1S/C10H13N3O2S2/c1-3-4-13-9(15)7-6(11)5(8(12)14)10(16-2)17-7/h3H,1,4,11H2,2H3,(H2,12,14)(H,13,15). The van der Waals surface area contributed by atoms with Gasteiger partial charge in [-0.1, -0.05) is 6.08 Å². The lowest BCUT2D eigenvalue weighted by Gasteiger charge is -2.00. The molecule has 1 aromatic rings. The zero-order valence-electron chi connectivity index (χ0n) is 9.28. The van der Waals surface area contributed by atoms with E-state index in [4.69, 9.17) is 11.5 Å². The average molecular weight is 271 g/mol. The van der Waals surface area contributed by atoms with Gasteiger partial charge in [0.1, 0.15) is 4.88 Å². The van der Waals surface area contributed by atoms with Gasteiger partial charge < -0.3 is 16.8 Å². The van der Waals surface area contributed by atoms with Crippen molar-refractivity contribution >= 4 is 40.6 Å². The first-order chi connectivity index (χ1) is 8.02. The molecule has 0 aliphatic rings. The molecule has 0 aliphatic heterocycles. The van der Waals surface area contributed by atoms with Crippen LogP contribution in [-0.2, 0) is 0 Å². The number of nitrogens with two attached hydrogens (primary N) is 2. The largest absolute Gasteiger partial charge is 0.397 e. The van der Waals surface area contributed by atoms with Crippen molar-refractivity contribution in [3.8, 4) is 0 Å². The summed E-state index contributed by atoms with van der Waals surface area (Å²) in [5.74, 6) is -0.943. The third-order valence-electron chi connectivity index (χ3n) is 1.96. The molecule has 0 atom stereocenters. The Morgan fingerprint density at radius 3 is 2.65 bits per heavy atom. The number of hydrogen-bond acceptors (Lipinski definition) is 5. The van der Waals surface area contributed by atoms with E-state index in [2.05, 4.69) is 11.9 Å². The number of carbonyl (C=O) groups is 2. The smallest absolute Gasteiger partial charge is 0.263 e. The van der Waals surface area contributed by atoms with Crippen molar-refractivity contribution in [2.45, 2.75) is 4.21 Å². The number of primary amides is 1. The molecule has 0 radical (unpaired) electrons. The van der Waals surface area contributed by atoms with E-state index < -0.39 is 5.91 Å². The number of nitrogens with one attached hydrogen (secondary N) is 1. The number of rotatable bonds is 5. The van der Waals surface area contributed by atoms with E-state index in [1.165, 1.54) is 11.8 Å². The predicted octanol–water partition coefficient (Wildman–Crippen LogP) is 1.07. The maximum Gasteiger partial charge on any atom is 0.263 e. The first-order valence-electron chi connectivity index (χ1n) is 4.68. The zero-order valence-corrected chi connectivity index (χ0v) is 10.9. The van der Waals surface area contributed by atoms with Crippen molar-refractivity contribution in [1.29, 1.82) is 0 Å². The van der Waals surface area contributed by atoms with Crippen LogP contribution in [-0.4, -0.2) is 24.6 Å². The highest BCUT2D eigenvalue weighted by molar-refractivity contribution is 8.00. The van der Waals surface area contributed by atoms with Crippen molar-refractivity contribution < 1.29 is 9.59 Å². The molecule has 1 heterocycles. The Labute approximate surface area is 107 Å². The number of thioether (sulfide) groups is 1. The minimum absolute atomic E-state index is 0.147. The molecule has 2 amide bonds. The van der Waals surface area contributed by atoms with Crippen LogP contribution in [0.1, 0.15) is 20.0 Å². The molecule has 0 spiro atoms. The van der Waals surface area contributed by atoms with Crippen LogP contribution in [0.3, 0.4) is 0 Å². The van der Waals surface area contributed by atoms with Crippen molar-refractivity contribution in [2.75, 3.05) is 18.5 Å². The molecule has 0 saturated carbocycles. The Hall–Kier alpha value is -1.47. The second-order valence-corrected chi connectivity index (χ2v) is 5.17. The lowest BCUT2D eigenvalue weighted by molar-refractivity contribution is 0.0962. The molecule has 7 heteroatoms. The van der Waals surface area contributed by atoms with E-state index in [9.17, 15) is 9.59 Å². The molecule has 5 N–H and O–H groups in total. The van der Waals surface area contributed by atoms with E-state index in [0.29, 0.717) is 15.6 Å². The summed E-state index contributed by atoms with van der Waals surface area (Å²) in [4.78, 5) is 23.3. The minimum atomic E-state index is -0.620. The molecule has 0 aliphatic carbocycles. The van der Waals surface area contributed by atoms with Gasteiger partial charge in [-0.05, 0) is 6.26 Å². The van der Waals surface area contributed by atoms with E-state index in [-0.39, 0.29) is 17.2 Å². The lowest BCUT2D eigenvalue weighted by atomic mass is 10.2. The Morgan fingerprint density at radius 2 is 2.24 bits per heavy atom. The number of thiophene rings is 1. The number of amides is 2. The Balaban J connectivity index is 3.14. The molecule has 5 nitrogen and oxygen atoms in total. The quantitative estimate of drug-likeness (QED) is 0.551. The predicted molar refractivity (Wildman–Crippen MR) is 71.6 cm³/mol. The molecule has 0 aromatic carbocycles. The van der Waals surface area contributed by atoms with Crippen LogP contribution in [0.15, 0.2) is 16.9 Å². The van der Waals surface area contributed by atoms with Gasteiger partial charge in [-0.15, -0.1) is 29.7 Å². The summed E-state index contributed by atoms with van der Waals surface area (Å²) in [5.41, 5.74) is 11.4. The molecule has 0 saturated heterocycles. The fraction of sp³-hybridized carbons (Fsp3) is 0.200. The van der Waals surface area contributed by atoms with E-state index in [1.54, 1.807) is 12.3 Å². The molecule has 0 fully saturated rings. The van der Waals surface area contributed by atoms with Crippen molar-refractivity contribution in [3.05, 3.63) is 23.1 Å². The SMILES string of the molecule is C=CCNC(=O)c1sc(SC)c(C(N)=O)c1N. The van der Waals surface area contributed by atoms with Crippen LogP contribution in [0.5, 0.6) is 0 Å². The summed E-state index contributed by atoms with van der Waals surface area (Å²) < 4.78 is 0.652.